The number of benzene rings is 2. The molecule has 0 spiro atoms. The second-order valence-corrected chi connectivity index (χ2v) is 5.58. The van der Waals surface area contributed by atoms with E-state index in [4.69, 9.17) is 4.74 Å². The van der Waals surface area contributed by atoms with E-state index >= 15 is 0 Å². The Bertz CT molecular complexity index is 762. The van der Waals surface area contributed by atoms with Crippen molar-refractivity contribution in [2.24, 2.45) is 0 Å². The van der Waals surface area contributed by atoms with Crippen LogP contribution in [-0.2, 0) is 6.18 Å². The summed E-state index contributed by atoms with van der Waals surface area (Å²) in [5.41, 5.74) is 0.528. The van der Waals surface area contributed by atoms with Gasteiger partial charge >= 0.3 is 6.18 Å². The van der Waals surface area contributed by atoms with E-state index in [-0.39, 0.29) is 5.75 Å². The molecule has 0 atom stereocenters. The van der Waals surface area contributed by atoms with Crippen LogP contribution in [0.3, 0.4) is 0 Å². The Kier molecular flexibility index (Phi) is 3.33. The van der Waals surface area contributed by atoms with E-state index in [0.717, 1.165) is 22.3 Å². The number of para-hydroxylation sites is 1. The summed E-state index contributed by atoms with van der Waals surface area (Å²) in [6.45, 7) is 1.60. The molecule has 1 heterocycles. The van der Waals surface area contributed by atoms with Gasteiger partial charge in [-0.1, -0.05) is 23.5 Å². The number of alkyl halides is 3. The predicted octanol–water partition coefficient (Wildman–Crippen LogP) is 5.42. The number of thiazole rings is 1. The van der Waals surface area contributed by atoms with Crippen LogP contribution < -0.4 is 4.74 Å². The number of aryl methyl sites for hydroxylation is 1. The Morgan fingerprint density at radius 1 is 1.10 bits per heavy atom. The number of hydrogen-bond donors (Lipinski definition) is 0. The third-order valence-electron chi connectivity index (χ3n) is 2.86. The molecule has 2 aromatic carbocycles. The van der Waals surface area contributed by atoms with Crippen LogP contribution in [0.1, 0.15) is 11.1 Å². The Labute approximate surface area is 122 Å². The first-order chi connectivity index (χ1) is 9.91. The van der Waals surface area contributed by atoms with E-state index in [1.807, 2.05) is 24.3 Å². The molecular weight excluding hydrogens is 299 g/mol. The molecule has 0 bridgehead atoms. The largest absolute Gasteiger partial charge is 0.431 e. The van der Waals surface area contributed by atoms with Crippen molar-refractivity contribution in [2.75, 3.05) is 0 Å². The lowest BCUT2D eigenvalue weighted by atomic mass is 10.1. The molecule has 6 heteroatoms. The summed E-state index contributed by atoms with van der Waals surface area (Å²) in [7, 11) is 0. The third-order valence-corrected chi connectivity index (χ3v) is 3.77. The highest BCUT2D eigenvalue weighted by atomic mass is 32.1. The molecule has 1 aromatic heterocycles. The van der Waals surface area contributed by atoms with Crippen LogP contribution >= 0.6 is 11.3 Å². The topological polar surface area (TPSA) is 22.1 Å². The molecule has 0 saturated heterocycles. The van der Waals surface area contributed by atoms with E-state index in [1.165, 1.54) is 11.3 Å². The molecule has 0 aliphatic carbocycles. The molecule has 0 amide bonds. The van der Waals surface area contributed by atoms with Gasteiger partial charge in [0.05, 0.1) is 15.8 Å². The standard InChI is InChI=1S/C15H10F3NOS/c1-9-6-10(15(16,17)18)8-11(7-9)20-14-19-12-4-2-3-5-13(12)21-14/h2-8H,1H3. The fraction of sp³-hybridized carbons (Fsp3) is 0.133. The van der Waals surface area contributed by atoms with Gasteiger partial charge in [0, 0.05) is 0 Å². The van der Waals surface area contributed by atoms with Gasteiger partial charge in [-0.15, -0.1) is 0 Å². The van der Waals surface area contributed by atoms with Gasteiger partial charge in [-0.05, 0) is 42.8 Å². The van der Waals surface area contributed by atoms with Crippen molar-refractivity contribution in [2.45, 2.75) is 13.1 Å². The molecule has 108 valence electrons. The molecular formula is C15H10F3NOS. The van der Waals surface area contributed by atoms with Crippen molar-refractivity contribution in [3.8, 4) is 10.9 Å². The fourth-order valence-electron chi connectivity index (χ4n) is 1.97. The summed E-state index contributed by atoms with van der Waals surface area (Å²) in [5.74, 6) is 0.140. The monoisotopic (exact) mass is 309 g/mol. The zero-order chi connectivity index (χ0) is 15.0. The van der Waals surface area contributed by atoms with Gasteiger partial charge in [0.2, 0.25) is 0 Å². The van der Waals surface area contributed by atoms with Crippen molar-refractivity contribution in [3.63, 3.8) is 0 Å². The lowest BCUT2D eigenvalue weighted by Gasteiger charge is -2.10. The van der Waals surface area contributed by atoms with Gasteiger partial charge in [0.15, 0.2) is 0 Å². The zero-order valence-corrected chi connectivity index (χ0v) is 11.8. The molecule has 3 aromatic rings. The summed E-state index contributed by atoms with van der Waals surface area (Å²) in [6, 6.07) is 11.1. The van der Waals surface area contributed by atoms with Crippen LogP contribution in [0.5, 0.6) is 10.9 Å². The number of nitrogens with zero attached hydrogens (tertiary/aromatic N) is 1. The normalized spacial score (nSPS) is 11.8. The van der Waals surface area contributed by atoms with E-state index in [2.05, 4.69) is 4.98 Å². The van der Waals surface area contributed by atoms with Crippen molar-refractivity contribution in [3.05, 3.63) is 53.6 Å². The average molecular weight is 309 g/mol. The maximum atomic E-state index is 12.8. The number of rotatable bonds is 2. The first-order valence-corrected chi connectivity index (χ1v) is 6.96. The maximum absolute atomic E-state index is 12.8. The Balaban J connectivity index is 1.95. The summed E-state index contributed by atoms with van der Waals surface area (Å²) >= 11 is 1.30. The Hall–Kier alpha value is -2.08. The summed E-state index contributed by atoms with van der Waals surface area (Å²) < 4.78 is 44.8. The van der Waals surface area contributed by atoms with Crippen LogP contribution in [0.2, 0.25) is 0 Å². The summed E-state index contributed by atoms with van der Waals surface area (Å²) in [4.78, 5) is 4.24. The first kappa shape index (κ1) is 13.9. The minimum absolute atomic E-state index is 0.140. The van der Waals surface area contributed by atoms with Crippen LogP contribution in [0, 0.1) is 6.92 Å². The van der Waals surface area contributed by atoms with E-state index < -0.39 is 11.7 Å². The Morgan fingerprint density at radius 2 is 1.86 bits per heavy atom. The smallest absolute Gasteiger partial charge is 0.416 e. The van der Waals surface area contributed by atoms with E-state index in [0.29, 0.717) is 10.8 Å². The molecule has 0 aliphatic rings. The summed E-state index contributed by atoms with van der Waals surface area (Å²) in [6.07, 6.45) is -4.39. The van der Waals surface area contributed by atoms with Crippen molar-refractivity contribution in [1.29, 1.82) is 0 Å². The molecule has 3 rings (SSSR count). The SMILES string of the molecule is Cc1cc(Oc2nc3ccccc3s2)cc(C(F)(F)F)c1. The highest BCUT2D eigenvalue weighted by Crippen LogP contribution is 2.35. The molecule has 0 unspecified atom stereocenters. The fourth-order valence-corrected chi connectivity index (χ4v) is 2.80. The predicted molar refractivity (Wildman–Crippen MR) is 75.9 cm³/mol. The molecule has 0 radical (unpaired) electrons. The highest BCUT2D eigenvalue weighted by molar-refractivity contribution is 7.20. The summed E-state index contributed by atoms with van der Waals surface area (Å²) in [5, 5.41) is 0.329. The number of hydrogen-bond acceptors (Lipinski definition) is 3. The Morgan fingerprint density at radius 3 is 2.57 bits per heavy atom. The van der Waals surface area contributed by atoms with Crippen molar-refractivity contribution >= 4 is 21.6 Å². The van der Waals surface area contributed by atoms with Gasteiger partial charge in [0.1, 0.15) is 5.75 Å². The van der Waals surface area contributed by atoms with Crippen LogP contribution in [0.4, 0.5) is 13.2 Å². The van der Waals surface area contributed by atoms with Crippen molar-refractivity contribution < 1.29 is 17.9 Å². The molecule has 0 aliphatic heterocycles. The van der Waals surface area contributed by atoms with Gasteiger partial charge in [0.25, 0.3) is 5.19 Å². The van der Waals surface area contributed by atoms with Crippen LogP contribution in [-0.4, -0.2) is 4.98 Å². The number of aromatic nitrogens is 1. The minimum Gasteiger partial charge on any atom is -0.431 e. The number of fused-ring (bicyclic) bond motifs is 1. The van der Waals surface area contributed by atoms with E-state index in [1.54, 1.807) is 13.0 Å². The number of halogens is 3. The first-order valence-electron chi connectivity index (χ1n) is 6.14. The van der Waals surface area contributed by atoms with Gasteiger partial charge in [-0.3, -0.25) is 0 Å². The van der Waals surface area contributed by atoms with Gasteiger partial charge in [-0.25, -0.2) is 4.98 Å². The lowest BCUT2D eigenvalue weighted by molar-refractivity contribution is -0.137. The average Bonchev–Trinajstić information content (AvgIpc) is 2.79. The van der Waals surface area contributed by atoms with E-state index in [9.17, 15) is 13.2 Å². The van der Waals surface area contributed by atoms with Gasteiger partial charge < -0.3 is 4.74 Å². The molecule has 0 fully saturated rings. The lowest BCUT2D eigenvalue weighted by Crippen LogP contribution is -2.05. The van der Waals surface area contributed by atoms with Crippen LogP contribution in [0.15, 0.2) is 42.5 Å². The molecule has 21 heavy (non-hydrogen) atoms. The van der Waals surface area contributed by atoms with Crippen LogP contribution in [0.25, 0.3) is 10.2 Å². The molecule has 0 saturated carbocycles. The third kappa shape index (κ3) is 3.00. The maximum Gasteiger partial charge on any atom is 0.416 e. The number of ether oxygens (including phenoxy) is 1. The minimum atomic E-state index is -4.39. The highest BCUT2D eigenvalue weighted by Gasteiger charge is 2.31. The molecule has 2 nitrogen and oxygen atoms in total. The second-order valence-electron chi connectivity index (χ2n) is 4.58. The zero-order valence-electron chi connectivity index (χ0n) is 10.9. The van der Waals surface area contributed by atoms with Gasteiger partial charge in [-0.2, -0.15) is 13.2 Å². The van der Waals surface area contributed by atoms with Crippen molar-refractivity contribution in [1.82, 2.24) is 4.98 Å². The second kappa shape index (κ2) is 5.04. The molecule has 0 N–H and O–H groups in total. The quantitative estimate of drug-likeness (QED) is 0.631.